The lowest BCUT2D eigenvalue weighted by Crippen LogP contribution is -2.37. The van der Waals surface area contributed by atoms with Crippen LogP contribution in [0.2, 0.25) is 0 Å². The molecular weight excluding hydrogens is 312 g/mol. The lowest BCUT2D eigenvalue weighted by Gasteiger charge is -2.23. The zero-order valence-electron chi connectivity index (χ0n) is 13.4. The number of primary amides is 1. The van der Waals surface area contributed by atoms with E-state index in [0.29, 0.717) is 19.4 Å². The van der Waals surface area contributed by atoms with Crippen LogP contribution < -0.4 is 5.73 Å². The highest BCUT2D eigenvalue weighted by molar-refractivity contribution is 5.89. The first kappa shape index (κ1) is 17.7. The standard InChI is InChI=1S/C16H22N4O4/c1-2-7-24-16(23)20-10-14(21)8-12(20)5-6-19-11-18-9-13(19)3-4-15(17)22/h2-4,9,11-12,14,21H,1,5-8,10H2,(H2,17,22)/b4-3+/t12-,14-/m1/s1. The highest BCUT2D eigenvalue weighted by atomic mass is 16.6. The topological polar surface area (TPSA) is 111 Å². The van der Waals surface area contributed by atoms with Gasteiger partial charge in [-0.2, -0.15) is 0 Å². The number of hydrogen-bond acceptors (Lipinski definition) is 5. The van der Waals surface area contributed by atoms with E-state index < -0.39 is 18.1 Å². The molecule has 24 heavy (non-hydrogen) atoms. The second kappa shape index (κ2) is 8.30. The first-order valence-electron chi connectivity index (χ1n) is 7.71. The molecule has 3 N–H and O–H groups in total. The zero-order chi connectivity index (χ0) is 17.5. The second-order valence-corrected chi connectivity index (χ2v) is 5.60. The summed E-state index contributed by atoms with van der Waals surface area (Å²) in [4.78, 5) is 28.4. The third-order valence-corrected chi connectivity index (χ3v) is 3.82. The predicted octanol–water partition coefficient (Wildman–Crippen LogP) is 0.529. The van der Waals surface area contributed by atoms with Gasteiger partial charge < -0.3 is 25.0 Å². The number of ether oxygens (including phenoxy) is 1. The van der Waals surface area contributed by atoms with Crippen LogP contribution in [0.1, 0.15) is 18.5 Å². The zero-order valence-corrected chi connectivity index (χ0v) is 13.4. The number of amides is 2. The van der Waals surface area contributed by atoms with Crippen molar-refractivity contribution >= 4 is 18.1 Å². The second-order valence-electron chi connectivity index (χ2n) is 5.60. The number of nitrogens with zero attached hydrogens (tertiary/aromatic N) is 3. The van der Waals surface area contributed by atoms with Gasteiger partial charge in [0.05, 0.1) is 30.9 Å². The number of aliphatic hydroxyl groups excluding tert-OH is 1. The molecule has 1 fully saturated rings. The average Bonchev–Trinajstić information content (AvgIpc) is 3.14. The molecule has 0 bridgehead atoms. The van der Waals surface area contributed by atoms with Crippen molar-refractivity contribution in [2.45, 2.75) is 31.5 Å². The van der Waals surface area contributed by atoms with Crippen LogP contribution in [-0.2, 0) is 16.1 Å². The number of carbonyl (C=O) groups excluding carboxylic acids is 2. The van der Waals surface area contributed by atoms with Crippen molar-refractivity contribution in [1.29, 1.82) is 0 Å². The number of nitrogens with two attached hydrogens (primary N) is 1. The molecule has 1 aliphatic rings. The fourth-order valence-corrected chi connectivity index (χ4v) is 2.71. The normalized spacial score (nSPS) is 20.5. The smallest absolute Gasteiger partial charge is 0.410 e. The highest BCUT2D eigenvalue weighted by Gasteiger charge is 2.34. The maximum atomic E-state index is 12.0. The van der Waals surface area contributed by atoms with Gasteiger partial charge in [-0.1, -0.05) is 12.7 Å². The number of β-amino-alcohol motifs (C(OH)–C–C–N with tert-alkyl or cyclic N) is 1. The lowest BCUT2D eigenvalue weighted by atomic mass is 10.1. The van der Waals surface area contributed by atoms with Crippen molar-refractivity contribution in [1.82, 2.24) is 14.5 Å². The summed E-state index contributed by atoms with van der Waals surface area (Å²) in [5.74, 6) is -0.530. The molecule has 8 heteroatoms. The molecule has 1 saturated heterocycles. The minimum absolute atomic E-state index is 0.118. The summed E-state index contributed by atoms with van der Waals surface area (Å²) in [6, 6.07) is -0.118. The summed E-state index contributed by atoms with van der Waals surface area (Å²) in [5, 5.41) is 9.85. The van der Waals surface area contributed by atoms with Gasteiger partial charge >= 0.3 is 6.09 Å². The first-order chi connectivity index (χ1) is 11.5. The monoisotopic (exact) mass is 334 g/mol. The molecule has 2 atom stereocenters. The Morgan fingerprint density at radius 2 is 2.33 bits per heavy atom. The van der Waals surface area contributed by atoms with Crippen molar-refractivity contribution in [2.75, 3.05) is 13.2 Å². The summed E-state index contributed by atoms with van der Waals surface area (Å²) in [6.07, 6.45) is 7.77. The van der Waals surface area contributed by atoms with E-state index in [2.05, 4.69) is 11.6 Å². The minimum Gasteiger partial charge on any atom is -0.445 e. The van der Waals surface area contributed by atoms with Crippen molar-refractivity contribution in [2.24, 2.45) is 5.73 Å². The van der Waals surface area contributed by atoms with Crippen LogP contribution in [-0.4, -0.2) is 56.9 Å². The predicted molar refractivity (Wildman–Crippen MR) is 87.7 cm³/mol. The van der Waals surface area contributed by atoms with Gasteiger partial charge in [-0.05, 0) is 18.9 Å². The van der Waals surface area contributed by atoms with Gasteiger partial charge in [0.2, 0.25) is 5.91 Å². The van der Waals surface area contributed by atoms with E-state index in [4.69, 9.17) is 10.5 Å². The molecule has 2 heterocycles. The van der Waals surface area contributed by atoms with Crippen LogP contribution in [0.25, 0.3) is 6.08 Å². The molecule has 130 valence electrons. The number of aryl methyl sites for hydroxylation is 1. The molecule has 1 aromatic heterocycles. The molecule has 0 radical (unpaired) electrons. The molecular formula is C16H22N4O4. The largest absolute Gasteiger partial charge is 0.445 e. The van der Waals surface area contributed by atoms with Gasteiger partial charge in [0.15, 0.2) is 0 Å². The molecule has 0 spiro atoms. The number of rotatable bonds is 7. The van der Waals surface area contributed by atoms with E-state index in [-0.39, 0.29) is 19.2 Å². The van der Waals surface area contributed by atoms with Gasteiger partial charge in [0.1, 0.15) is 6.61 Å². The molecule has 8 nitrogen and oxygen atoms in total. The Bertz CT molecular complexity index is 625. The van der Waals surface area contributed by atoms with Crippen LogP contribution >= 0.6 is 0 Å². The van der Waals surface area contributed by atoms with Crippen molar-refractivity contribution < 1.29 is 19.4 Å². The van der Waals surface area contributed by atoms with Gasteiger partial charge in [-0.15, -0.1) is 0 Å². The van der Waals surface area contributed by atoms with Crippen LogP contribution in [0.5, 0.6) is 0 Å². The molecule has 2 amide bonds. The number of imidazole rings is 1. The summed E-state index contributed by atoms with van der Waals surface area (Å²) < 4.78 is 6.91. The van der Waals surface area contributed by atoms with E-state index in [1.165, 1.54) is 12.2 Å². The first-order valence-corrected chi connectivity index (χ1v) is 7.71. The Hall–Kier alpha value is -2.61. The highest BCUT2D eigenvalue weighted by Crippen LogP contribution is 2.22. The van der Waals surface area contributed by atoms with Crippen LogP contribution in [0.3, 0.4) is 0 Å². The van der Waals surface area contributed by atoms with Crippen molar-refractivity contribution in [3.8, 4) is 0 Å². The summed E-state index contributed by atoms with van der Waals surface area (Å²) in [6.45, 7) is 4.50. The molecule has 0 aliphatic carbocycles. The summed E-state index contributed by atoms with van der Waals surface area (Å²) in [5.41, 5.74) is 5.83. The van der Waals surface area contributed by atoms with Gasteiger partial charge in [-0.25, -0.2) is 9.78 Å². The molecule has 1 aromatic rings. The quantitative estimate of drug-likeness (QED) is 0.558. The Kier molecular flexibility index (Phi) is 6.14. The SMILES string of the molecule is C=CCOC(=O)N1C[C@H](O)C[C@H]1CCn1cncc1/C=C/C(N)=O. The number of aromatic nitrogens is 2. The maximum Gasteiger partial charge on any atom is 0.410 e. The molecule has 0 saturated carbocycles. The Balaban J connectivity index is 1.97. The van der Waals surface area contributed by atoms with Crippen molar-refractivity contribution in [3.63, 3.8) is 0 Å². The van der Waals surface area contributed by atoms with Crippen molar-refractivity contribution in [3.05, 3.63) is 36.9 Å². The van der Waals surface area contributed by atoms with Crippen LogP contribution in [0.15, 0.2) is 31.3 Å². The Morgan fingerprint density at radius 3 is 3.04 bits per heavy atom. The third-order valence-electron chi connectivity index (χ3n) is 3.82. The molecule has 0 unspecified atom stereocenters. The molecule has 0 aromatic carbocycles. The fraction of sp³-hybridized carbons (Fsp3) is 0.438. The summed E-state index contributed by atoms with van der Waals surface area (Å²) >= 11 is 0. The van der Waals surface area contributed by atoms with E-state index in [1.54, 1.807) is 23.5 Å². The third kappa shape index (κ3) is 4.69. The number of carbonyl (C=O) groups is 2. The Labute approximate surface area is 140 Å². The van der Waals surface area contributed by atoms with Gasteiger partial charge in [0, 0.05) is 18.7 Å². The number of hydrogen-bond donors (Lipinski definition) is 2. The van der Waals surface area contributed by atoms with Gasteiger partial charge in [-0.3, -0.25) is 4.79 Å². The van der Waals surface area contributed by atoms with Crippen LogP contribution in [0, 0.1) is 0 Å². The van der Waals surface area contributed by atoms with E-state index in [9.17, 15) is 14.7 Å². The summed E-state index contributed by atoms with van der Waals surface area (Å²) in [7, 11) is 0. The lowest BCUT2D eigenvalue weighted by molar-refractivity contribution is -0.113. The van der Waals surface area contributed by atoms with E-state index >= 15 is 0 Å². The fourth-order valence-electron chi connectivity index (χ4n) is 2.71. The molecule has 2 rings (SSSR count). The number of likely N-dealkylation sites (tertiary alicyclic amines) is 1. The van der Waals surface area contributed by atoms with E-state index in [0.717, 1.165) is 5.69 Å². The van der Waals surface area contributed by atoms with Crippen LogP contribution in [0.4, 0.5) is 4.79 Å². The minimum atomic E-state index is -0.553. The number of aliphatic hydroxyl groups is 1. The molecule has 1 aliphatic heterocycles. The van der Waals surface area contributed by atoms with Gasteiger partial charge in [0.25, 0.3) is 0 Å². The van der Waals surface area contributed by atoms with E-state index in [1.807, 2.05) is 4.57 Å². The maximum absolute atomic E-state index is 12.0. The average molecular weight is 334 g/mol. The Morgan fingerprint density at radius 1 is 1.54 bits per heavy atom.